The van der Waals surface area contributed by atoms with Gasteiger partial charge in [0.2, 0.25) is 10.0 Å². The van der Waals surface area contributed by atoms with Crippen LogP contribution >= 0.6 is 0 Å². The van der Waals surface area contributed by atoms with Crippen molar-refractivity contribution in [3.05, 3.63) is 30.1 Å². The lowest BCUT2D eigenvalue weighted by Gasteiger charge is -2.02. The summed E-state index contributed by atoms with van der Waals surface area (Å²) in [5.41, 5.74) is -0.0833. The van der Waals surface area contributed by atoms with Gasteiger partial charge < -0.3 is 0 Å². The fraction of sp³-hybridized carbons (Fsp3) is 0.143. The van der Waals surface area contributed by atoms with E-state index in [-0.39, 0.29) is 5.69 Å². The highest BCUT2D eigenvalue weighted by atomic mass is 32.2. The van der Waals surface area contributed by atoms with Crippen molar-refractivity contribution in [1.29, 1.82) is 0 Å². The Bertz CT molecular complexity index is 375. The standard InChI is InChI=1S/C7H7FNO2S/c1-12(10,11)9-7-5-3-2-4-6(7)8/h2,4-5,9H,1H3. The van der Waals surface area contributed by atoms with Crippen LogP contribution in [0.15, 0.2) is 18.2 Å². The van der Waals surface area contributed by atoms with Gasteiger partial charge in [-0.05, 0) is 18.2 Å². The SMILES string of the molecule is CS(=O)(=O)Nc1c[c]ccc1F. The second-order valence-electron chi connectivity index (χ2n) is 2.28. The summed E-state index contributed by atoms with van der Waals surface area (Å²) in [6, 6.07) is 6.29. The van der Waals surface area contributed by atoms with Crippen LogP contribution in [0.1, 0.15) is 0 Å². The number of hydrogen-bond acceptors (Lipinski definition) is 2. The van der Waals surface area contributed by atoms with Crippen molar-refractivity contribution in [2.75, 3.05) is 11.0 Å². The predicted octanol–water partition coefficient (Wildman–Crippen LogP) is 0.997. The molecular formula is C7H7FNO2S. The maximum Gasteiger partial charge on any atom is 0.229 e. The van der Waals surface area contributed by atoms with E-state index in [0.717, 1.165) is 12.3 Å². The van der Waals surface area contributed by atoms with Crippen LogP contribution in [0.4, 0.5) is 10.1 Å². The van der Waals surface area contributed by atoms with E-state index in [2.05, 4.69) is 6.07 Å². The van der Waals surface area contributed by atoms with Crippen molar-refractivity contribution in [2.24, 2.45) is 0 Å². The third kappa shape index (κ3) is 2.50. The highest BCUT2D eigenvalue weighted by Crippen LogP contribution is 2.12. The minimum Gasteiger partial charge on any atom is -0.281 e. The van der Waals surface area contributed by atoms with Crippen molar-refractivity contribution in [2.45, 2.75) is 0 Å². The van der Waals surface area contributed by atoms with Gasteiger partial charge in [-0.25, -0.2) is 12.8 Å². The number of sulfonamides is 1. The topological polar surface area (TPSA) is 46.2 Å². The van der Waals surface area contributed by atoms with Gasteiger partial charge in [0.1, 0.15) is 5.82 Å². The van der Waals surface area contributed by atoms with E-state index in [1.165, 1.54) is 12.1 Å². The second kappa shape index (κ2) is 3.10. The van der Waals surface area contributed by atoms with Crippen molar-refractivity contribution >= 4 is 15.7 Å². The minimum atomic E-state index is -3.41. The van der Waals surface area contributed by atoms with Crippen LogP contribution in [0.25, 0.3) is 0 Å². The molecule has 0 atom stereocenters. The molecule has 1 radical (unpaired) electrons. The zero-order valence-electron chi connectivity index (χ0n) is 6.33. The van der Waals surface area contributed by atoms with Gasteiger partial charge in [-0.15, -0.1) is 0 Å². The predicted molar refractivity (Wildman–Crippen MR) is 43.7 cm³/mol. The van der Waals surface area contributed by atoms with Crippen molar-refractivity contribution in [1.82, 2.24) is 0 Å². The molecule has 0 bridgehead atoms. The van der Waals surface area contributed by atoms with E-state index >= 15 is 0 Å². The monoisotopic (exact) mass is 188 g/mol. The molecule has 0 saturated heterocycles. The number of anilines is 1. The van der Waals surface area contributed by atoms with Crippen LogP contribution in [0, 0.1) is 11.9 Å². The molecule has 0 fully saturated rings. The molecule has 0 amide bonds. The van der Waals surface area contributed by atoms with Crippen LogP contribution in [0.3, 0.4) is 0 Å². The van der Waals surface area contributed by atoms with Crippen molar-refractivity contribution in [3.8, 4) is 0 Å². The number of nitrogens with one attached hydrogen (secondary N) is 1. The van der Waals surface area contributed by atoms with Crippen LogP contribution in [0.5, 0.6) is 0 Å². The largest absolute Gasteiger partial charge is 0.281 e. The molecule has 1 aromatic carbocycles. The number of benzene rings is 1. The Morgan fingerprint density at radius 3 is 2.75 bits per heavy atom. The van der Waals surface area contributed by atoms with Gasteiger partial charge in [-0.2, -0.15) is 0 Å². The smallest absolute Gasteiger partial charge is 0.229 e. The van der Waals surface area contributed by atoms with E-state index in [1.807, 2.05) is 4.72 Å². The Labute approximate surface area is 70.3 Å². The summed E-state index contributed by atoms with van der Waals surface area (Å²) in [5.74, 6) is -0.612. The molecule has 0 saturated carbocycles. The minimum absolute atomic E-state index is 0.0833. The molecule has 0 aliphatic carbocycles. The van der Waals surface area contributed by atoms with E-state index in [1.54, 1.807) is 0 Å². The summed E-state index contributed by atoms with van der Waals surface area (Å²) >= 11 is 0. The number of hydrogen-bond donors (Lipinski definition) is 1. The number of rotatable bonds is 2. The van der Waals surface area contributed by atoms with Crippen LogP contribution in [-0.4, -0.2) is 14.7 Å². The summed E-state index contributed by atoms with van der Waals surface area (Å²) in [5, 5.41) is 0. The average molecular weight is 188 g/mol. The van der Waals surface area contributed by atoms with E-state index in [9.17, 15) is 12.8 Å². The highest BCUT2D eigenvalue weighted by Gasteiger charge is 2.05. The van der Waals surface area contributed by atoms with Crippen molar-refractivity contribution < 1.29 is 12.8 Å². The van der Waals surface area contributed by atoms with Gasteiger partial charge in [-0.1, -0.05) is 6.07 Å². The zero-order chi connectivity index (χ0) is 9.19. The Morgan fingerprint density at radius 2 is 2.25 bits per heavy atom. The van der Waals surface area contributed by atoms with Gasteiger partial charge in [0.05, 0.1) is 11.9 Å². The molecule has 0 aliphatic rings. The Morgan fingerprint density at radius 1 is 1.58 bits per heavy atom. The fourth-order valence-electron chi connectivity index (χ4n) is 0.689. The van der Waals surface area contributed by atoms with Crippen LogP contribution < -0.4 is 4.72 Å². The summed E-state index contributed by atoms with van der Waals surface area (Å²) in [6.45, 7) is 0. The quantitative estimate of drug-likeness (QED) is 0.752. The van der Waals surface area contributed by atoms with Gasteiger partial charge >= 0.3 is 0 Å². The molecule has 1 aromatic rings. The number of halogens is 1. The molecule has 5 heteroatoms. The van der Waals surface area contributed by atoms with Crippen molar-refractivity contribution in [3.63, 3.8) is 0 Å². The third-order valence-corrected chi connectivity index (χ3v) is 1.70. The normalized spacial score (nSPS) is 11.2. The van der Waals surface area contributed by atoms with Crippen LogP contribution in [-0.2, 0) is 10.0 Å². The molecular weight excluding hydrogens is 181 g/mol. The lowest BCUT2D eigenvalue weighted by atomic mass is 10.3. The third-order valence-electron chi connectivity index (χ3n) is 1.11. The first-order chi connectivity index (χ1) is 5.49. The van der Waals surface area contributed by atoms with Gasteiger partial charge in [0.25, 0.3) is 0 Å². The fourth-order valence-corrected chi connectivity index (χ4v) is 1.25. The van der Waals surface area contributed by atoms with Crippen LogP contribution in [0.2, 0.25) is 0 Å². The summed E-state index contributed by atoms with van der Waals surface area (Å²) in [6.07, 6.45) is 0.958. The molecule has 0 aliphatic heterocycles. The molecule has 65 valence electrons. The van der Waals surface area contributed by atoms with E-state index in [0.29, 0.717) is 0 Å². The van der Waals surface area contributed by atoms with Gasteiger partial charge in [0, 0.05) is 0 Å². The maximum absolute atomic E-state index is 12.8. The van der Waals surface area contributed by atoms with E-state index in [4.69, 9.17) is 0 Å². The second-order valence-corrected chi connectivity index (χ2v) is 4.03. The highest BCUT2D eigenvalue weighted by molar-refractivity contribution is 7.92. The summed E-state index contributed by atoms with van der Waals surface area (Å²) in [4.78, 5) is 0. The van der Waals surface area contributed by atoms with Gasteiger partial charge in [-0.3, -0.25) is 4.72 Å². The molecule has 0 spiro atoms. The lowest BCUT2D eigenvalue weighted by Crippen LogP contribution is -2.10. The molecule has 0 aromatic heterocycles. The maximum atomic E-state index is 12.8. The average Bonchev–Trinajstić information content (AvgIpc) is 1.91. The zero-order valence-corrected chi connectivity index (χ0v) is 7.15. The summed E-state index contributed by atoms with van der Waals surface area (Å²) in [7, 11) is -3.41. The molecule has 3 nitrogen and oxygen atoms in total. The first kappa shape index (κ1) is 8.99. The van der Waals surface area contributed by atoms with Gasteiger partial charge in [0.15, 0.2) is 0 Å². The first-order valence-corrected chi connectivity index (χ1v) is 5.01. The molecule has 0 heterocycles. The van der Waals surface area contributed by atoms with E-state index < -0.39 is 15.8 Å². The Hall–Kier alpha value is -1.10. The molecule has 1 N–H and O–H groups in total. The Balaban J connectivity index is 2.98. The molecule has 12 heavy (non-hydrogen) atoms. The molecule has 1 rings (SSSR count). The first-order valence-electron chi connectivity index (χ1n) is 3.12. The summed E-state index contributed by atoms with van der Waals surface area (Å²) < 4.78 is 36.1. The molecule has 0 unspecified atom stereocenters. The lowest BCUT2D eigenvalue weighted by molar-refractivity contribution is 0.603. The Kier molecular flexibility index (Phi) is 2.32.